The highest BCUT2D eigenvalue weighted by Gasteiger charge is 2.22. The van der Waals surface area contributed by atoms with Crippen LogP contribution in [0.25, 0.3) is 11.4 Å². The number of carbonyl (C=O) groups excluding carboxylic acids is 2. The van der Waals surface area contributed by atoms with Crippen molar-refractivity contribution in [1.29, 1.82) is 0 Å². The molecule has 11 nitrogen and oxygen atoms in total. The smallest absolute Gasteiger partial charge is 0.294 e. The second-order valence-corrected chi connectivity index (χ2v) is 8.19. The quantitative estimate of drug-likeness (QED) is 0.386. The molecule has 2 aromatic carbocycles. The summed E-state index contributed by atoms with van der Waals surface area (Å²) in [6, 6.07) is 17.0. The van der Waals surface area contributed by atoms with Crippen LogP contribution in [0.4, 0.5) is 11.8 Å². The second-order valence-electron chi connectivity index (χ2n) is 8.19. The Bertz CT molecular complexity index is 1540. The maximum absolute atomic E-state index is 12.7. The predicted molar refractivity (Wildman–Crippen MR) is 135 cm³/mol. The standard InChI is InChI=1S/C25H21N9O2/c1-14-5-3-7-16(11-14)18-13-19(32-31-18)23(35)30-25-26-10-9-20(28-25)27-24(36)22-29-21(33-34-22)17-8-4-6-15(2)12-17/h3-12H,13H2,1-2H3,(H,29,33,34)(H2,26,27,28,30,35,36). The molecule has 5 rings (SSSR count). The lowest BCUT2D eigenvalue weighted by Gasteiger charge is -2.06. The van der Waals surface area contributed by atoms with Crippen molar-refractivity contribution < 1.29 is 9.59 Å². The number of benzene rings is 2. The van der Waals surface area contributed by atoms with Crippen LogP contribution in [-0.2, 0) is 4.79 Å². The average molecular weight is 480 g/mol. The molecule has 0 bridgehead atoms. The third kappa shape index (κ3) is 5.04. The van der Waals surface area contributed by atoms with Crippen LogP contribution in [0.15, 0.2) is 71.0 Å². The largest absolute Gasteiger partial charge is 0.304 e. The molecule has 3 N–H and O–H groups in total. The van der Waals surface area contributed by atoms with E-state index < -0.39 is 11.8 Å². The number of aromatic nitrogens is 5. The van der Waals surface area contributed by atoms with Crippen LogP contribution in [0.5, 0.6) is 0 Å². The number of hydrogen-bond donors (Lipinski definition) is 3. The molecule has 0 spiro atoms. The summed E-state index contributed by atoms with van der Waals surface area (Å²) in [7, 11) is 0. The van der Waals surface area contributed by atoms with Gasteiger partial charge in [0.25, 0.3) is 11.8 Å². The van der Waals surface area contributed by atoms with Crippen molar-refractivity contribution in [2.24, 2.45) is 10.2 Å². The fourth-order valence-corrected chi connectivity index (χ4v) is 3.57. The van der Waals surface area contributed by atoms with Gasteiger partial charge in [0.05, 0.1) is 5.71 Å². The lowest BCUT2D eigenvalue weighted by molar-refractivity contribution is -0.110. The van der Waals surface area contributed by atoms with Crippen molar-refractivity contribution in [2.75, 3.05) is 10.6 Å². The molecule has 4 aromatic rings. The van der Waals surface area contributed by atoms with Gasteiger partial charge in [0, 0.05) is 18.2 Å². The van der Waals surface area contributed by atoms with E-state index in [0.717, 1.165) is 22.3 Å². The summed E-state index contributed by atoms with van der Waals surface area (Å²) in [5.74, 6) is -0.371. The molecule has 0 fully saturated rings. The Labute approximate surface area is 205 Å². The van der Waals surface area contributed by atoms with Crippen molar-refractivity contribution in [3.63, 3.8) is 0 Å². The van der Waals surface area contributed by atoms with E-state index in [1.54, 1.807) is 0 Å². The van der Waals surface area contributed by atoms with Crippen molar-refractivity contribution in [1.82, 2.24) is 25.1 Å². The highest BCUT2D eigenvalue weighted by atomic mass is 16.2. The van der Waals surface area contributed by atoms with Gasteiger partial charge in [-0.3, -0.25) is 20.0 Å². The number of aryl methyl sites for hydroxylation is 2. The summed E-state index contributed by atoms with van der Waals surface area (Å²) in [5.41, 5.74) is 4.82. The molecule has 178 valence electrons. The number of carbonyl (C=O) groups is 2. The zero-order valence-corrected chi connectivity index (χ0v) is 19.5. The van der Waals surface area contributed by atoms with E-state index in [1.165, 1.54) is 12.3 Å². The van der Waals surface area contributed by atoms with E-state index in [2.05, 4.69) is 46.0 Å². The lowest BCUT2D eigenvalue weighted by Crippen LogP contribution is -2.24. The molecule has 1 aliphatic rings. The van der Waals surface area contributed by atoms with Gasteiger partial charge in [0.15, 0.2) is 5.82 Å². The number of hydrogen-bond acceptors (Lipinski definition) is 8. The van der Waals surface area contributed by atoms with E-state index in [4.69, 9.17) is 0 Å². The SMILES string of the molecule is Cc1cccc(C2=NN=C(C(=O)Nc3nccc(NC(=O)c4nc(-c5cccc(C)c5)n[nH]4)n3)C2)c1. The van der Waals surface area contributed by atoms with Gasteiger partial charge in [-0.1, -0.05) is 53.6 Å². The van der Waals surface area contributed by atoms with Crippen molar-refractivity contribution in [2.45, 2.75) is 20.3 Å². The first kappa shape index (κ1) is 22.7. The fraction of sp³-hybridized carbons (Fsp3) is 0.120. The molecule has 36 heavy (non-hydrogen) atoms. The van der Waals surface area contributed by atoms with Crippen LogP contribution in [0, 0.1) is 13.8 Å². The third-order valence-corrected chi connectivity index (χ3v) is 5.34. The molecule has 0 saturated carbocycles. The number of H-pyrrole nitrogens is 1. The Morgan fingerprint density at radius 3 is 2.39 bits per heavy atom. The maximum atomic E-state index is 12.7. The van der Waals surface area contributed by atoms with Crippen LogP contribution in [0.3, 0.4) is 0 Å². The molecule has 0 radical (unpaired) electrons. The predicted octanol–water partition coefficient (Wildman–Crippen LogP) is 3.32. The third-order valence-electron chi connectivity index (χ3n) is 5.34. The minimum absolute atomic E-state index is 0.0162. The minimum atomic E-state index is -0.534. The molecular weight excluding hydrogens is 458 g/mol. The van der Waals surface area contributed by atoms with Gasteiger partial charge in [-0.2, -0.15) is 15.2 Å². The lowest BCUT2D eigenvalue weighted by atomic mass is 10.0. The van der Waals surface area contributed by atoms with Gasteiger partial charge in [-0.05, 0) is 31.5 Å². The van der Waals surface area contributed by atoms with E-state index in [1.807, 2.05) is 62.4 Å². The topological polar surface area (TPSA) is 150 Å². The van der Waals surface area contributed by atoms with Crippen molar-refractivity contribution in [3.8, 4) is 11.4 Å². The summed E-state index contributed by atoms with van der Waals surface area (Å²) in [6.07, 6.45) is 1.71. The second kappa shape index (κ2) is 9.66. The van der Waals surface area contributed by atoms with Gasteiger partial charge in [0.2, 0.25) is 11.8 Å². The highest BCUT2D eigenvalue weighted by Crippen LogP contribution is 2.17. The van der Waals surface area contributed by atoms with Gasteiger partial charge in [0.1, 0.15) is 11.5 Å². The zero-order chi connectivity index (χ0) is 25.1. The molecule has 2 aromatic heterocycles. The summed E-state index contributed by atoms with van der Waals surface area (Å²) in [6.45, 7) is 3.95. The minimum Gasteiger partial charge on any atom is -0.304 e. The summed E-state index contributed by atoms with van der Waals surface area (Å²) in [4.78, 5) is 37.8. The number of nitrogens with zero attached hydrogens (tertiary/aromatic N) is 6. The molecule has 0 atom stereocenters. The molecule has 3 heterocycles. The van der Waals surface area contributed by atoms with E-state index >= 15 is 0 Å². The van der Waals surface area contributed by atoms with Gasteiger partial charge >= 0.3 is 0 Å². The van der Waals surface area contributed by atoms with Crippen LogP contribution in [0.1, 0.15) is 33.7 Å². The van der Waals surface area contributed by atoms with Crippen molar-refractivity contribution >= 4 is 35.0 Å². The highest BCUT2D eigenvalue weighted by molar-refractivity contribution is 6.47. The van der Waals surface area contributed by atoms with Gasteiger partial charge < -0.3 is 5.32 Å². The summed E-state index contributed by atoms with van der Waals surface area (Å²) >= 11 is 0. The molecular formula is C25H21N9O2. The van der Waals surface area contributed by atoms with Crippen LogP contribution < -0.4 is 10.6 Å². The summed E-state index contributed by atoms with van der Waals surface area (Å²) < 4.78 is 0. The number of nitrogens with one attached hydrogen (secondary N) is 3. The van der Waals surface area contributed by atoms with E-state index in [0.29, 0.717) is 18.0 Å². The molecule has 11 heteroatoms. The van der Waals surface area contributed by atoms with Crippen molar-refractivity contribution in [3.05, 3.63) is 83.3 Å². The van der Waals surface area contributed by atoms with Crippen LogP contribution >= 0.6 is 0 Å². The van der Waals surface area contributed by atoms with Crippen LogP contribution in [0.2, 0.25) is 0 Å². The molecule has 2 amide bonds. The average Bonchev–Trinajstić information content (AvgIpc) is 3.55. The number of aromatic amines is 1. The Hall–Kier alpha value is -5.06. The number of anilines is 2. The molecule has 0 aliphatic carbocycles. The molecule has 0 unspecified atom stereocenters. The van der Waals surface area contributed by atoms with Crippen LogP contribution in [-0.4, -0.2) is 48.4 Å². The first-order chi connectivity index (χ1) is 17.4. The number of rotatable bonds is 6. The fourth-order valence-electron chi connectivity index (χ4n) is 3.57. The Kier molecular flexibility index (Phi) is 6.10. The first-order valence-corrected chi connectivity index (χ1v) is 11.1. The maximum Gasteiger partial charge on any atom is 0.294 e. The Balaban J connectivity index is 1.21. The Morgan fingerprint density at radius 2 is 1.61 bits per heavy atom. The normalized spacial score (nSPS) is 12.6. The number of amides is 2. The first-order valence-electron chi connectivity index (χ1n) is 11.1. The van der Waals surface area contributed by atoms with E-state index in [9.17, 15) is 9.59 Å². The molecule has 1 aliphatic heterocycles. The monoisotopic (exact) mass is 479 g/mol. The zero-order valence-electron chi connectivity index (χ0n) is 19.5. The van der Waals surface area contributed by atoms with Gasteiger partial charge in [-0.15, -0.1) is 5.10 Å². The summed E-state index contributed by atoms with van der Waals surface area (Å²) in [5, 5.41) is 20.1. The molecule has 0 saturated heterocycles. The van der Waals surface area contributed by atoms with Gasteiger partial charge in [-0.25, -0.2) is 9.97 Å². The Morgan fingerprint density at radius 1 is 0.861 bits per heavy atom. The van der Waals surface area contributed by atoms with E-state index in [-0.39, 0.29) is 23.3 Å².